The maximum atomic E-state index is 12.5. The Kier molecular flexibility index (Phi) is 5.65. The van der Waals surface area contributed by atoms with Crippen molar-refractivity contribution in [3.63, 3.8) is 0 Å². The van der Waals surface area contributed by atoms with Crippen LogP contribution in [0.4, 0.5) is 5.69 Å². The molecule has 0 aliphatic heterocycles. The normalized spacial score (nSPS) is 12.0. The SMILES string of the molecule is Cc1cc(C)cc(-c2nnc(S[C@H](C)C(=O)Nc3ccc(C)cc3C)o2)c1. The van der Waals surface area contributed by atoms with E-state index < -0.39 is 0 Å². The Morgan fingerprint density at radius 2 is 1.70 bits per heavy atom. The van der Waals surface area contributed by atoms with Gasteiger partial charge in [-0.25, -0.2) is 0 Å². The number of hydrogen-bond donors (Lipinski definition) is 1. The van der Waals surface area contributed by atoms with E-state index in [0.717, 1.165) is 33.5 Å². The molecule has 3 rings (SSSR count). The number of benzene rings is 2. The summed E-state index contributed by atoms with van der Waals surface area (Å²) in [5.74, 6) is 0.365. The van der Waals surface area contributed by atoms with E-state index in [4.69, 9.17) is 4.42 Å². The first kappa shape index (κ1) is 19.2. The standard InChI is InChI=1S/C21H23N3O2S/c1-12-6-7-18(15(4)9-12)22-19(25)16(5)27-21-24-23-20(26-21)17-10-13(2)8-14(3)11-17/h6-11,16H,1-5H3,(H,22,25)/t16-/m1/s1. The van der Waals surface area contributed by atoms with Gasteiger partial charge in [-0.2, -0.15) is 0 Å². The predicted octanol–water partition coefficient (Wildman–Crippen LogP) is 5.09. The summed E-state index contributed by atoms with van der Waals surface area (Å²) in [4.78, 5) is 12.5. The van der Waals surface area contributed by atoms with Crippen molar-refractivity contribution in [2.24, 2.45) is 0 Å². The van der Waals surface area contributed by atoms with Gasteiger partial charge in [0.25, 0.3) is 5.22 Å². The Morgan fingerprint density at radius 1 is 1.00 bits per heavy atom. The number of carbonyl (C=O) groups excluding carboxylic acids is 1. The molecule has 0 spiro atoms. The number of carbonyl (C=O) groups is 1. The van der Waals surface area contributed by atoms with Crippen LogP contribution in [0.2, 0.25) is 0 Å². The van der Waals surface area contributed by atoms with E-state index in [2.05, 4.69) is 21.6 Å². The van der Waals surface area contributed by atoms with Crippen LogP contribution >= 0.6 is 11.8 Å². The average molecular weight is 382 g/mol. The van der Waals surface area contributed by atoms with Gasteiger partial charge in [0.2, 0.25) is 11.8 Å². The molecule has 0 bridgehead atoms. The topological polar surface area (TPSA) is 68.0 Å². The van der Waals surface area contributed by atoms with Crippen molar-refractivity contribution in [3.8, 4) is 11.5 Å². The van der Waals surface area contributed by atoms with Crippen molar-refractivity contribution in [1.82, 2.24) is 10.2 Å². The van der Waals surface area contributed by atoms with Crippen molar-refractivity contribution < 1.29 is 9.21 Å². The molecule has 27 heavy (non-hydrogen) atoms. The number of amides is 1. The number of nitrogens with zero attached hydrogens (tertiary/aromatic N) is 2. The van der Waals surface area contributed by atoms with Gasteiger partial charge in [-0.15, -0.1) is 10.2 Å². The fraction of sp³-hybridized carbons (Fsp3) is 0.286. The molecule has 0 saturated heterocycles. The van der Waals surface area contributed by atoms with Crippen LogP contribution in [-0.4, -0.2) is 21.4 Å². The molecule has 1 amide bonds. The third-order valence-corrected chi connectivity index (χ3v) is 5.10. The van der Waals surface area contributed by atoms with E-state index in [1.807, 2.05) is 65.0 Å². The average Bonchev–Trinajstić information content (AvgIpc) is 3.05. The highest BCUT2D eigenvalue weighted by molar-refractivity contribution is 8.00. The second-order valence-corrected chi connectivity index (χ2v) is 8.11. The first-order valence-corrected chi connectivity index (χ1v) is 9.67. The monoisotopic (exact) mass is 381 g/mol. The Bertz CT molecular complexity index is 961. The summed E-state index contributed by atoms with van der Waals surface area (Å²) in [6, 6.07) is 12.0. The van der Waals surface area contributed by atoms with Gasteiger partial charge >= 0.3 is 0 Å². The van der Waals surface area contributed by atoms with E-state index in [-0.39, 0.29) is 11.2 Å². The molecule has 5 nitrogen and oxygen atoms in total. The third kappa shape index (κ3) is 4.77. The van der Waals surface area contributed by atoms with Gasteiger partial charge in [-0.1, -0.05) is 46.7 Å². The quantitative estimate of drug-likeness (QED) is 0.624. The summed E-state index contributed by atoms with van der Waals surface area (Å²) in [6.07, 6.45) is 0. The second kappa shape index (κ2) is 7.96. The van der Waals surface area contributed by atoms with Gasteiger partial charge in [0, 0.05) is 11.3 Å². The van der Waals surface area contributed by atoms with E-state index in [1.165, 1.54) is 11.8 Å². The van der Waals surface area contributed by atoms with Crippen LogP contribution in [0, 0.1) is 27.7 Å². The lowest BCUT2D eigenvalue weighted by molar-refractivity contribution is -0.115. The Hall–Kier alpha value is -2.60. The number of anilines is 1. The number of nitrogens with one attached hydrogen (secondary N) is 1. The van der Waals surface area contributed by atoms with Gasteiger partial charge in [0.15, 0.2) is 0 Å². The van der Waals surface area contributed by atoms with Gasteiger partial charge in [-0.3, -0.25) is 4.79 Å². The van der Waals surface area contributed by atoms with Gasteiger partial charge in [0.1, 0.15) is 0 Å². The summed E-state index contributed by atoms with van der Waals surface area (Å²) in [6.45, 7) is 9.89. The number of aromatic nitrogens is 2. The van der Waals surface area contributed by atoms with Gasteiger partial charge < -0.3 is 9.73 Å². The molecule has 0 saturated carbocycles. The second-order valence-electron chi connectivity index (χ2n) is 6.82. The molecular weight excluding hydrogens is 358 g/mol. The van der Waals surface area contributed by atoms with Crippen molar-refractivity contribution in [2.45, 2.75) is 45.1 Å². The number of rotatable bonds is 5. The molecular formula is C21H23N3O2S. The minimum Gasteiger partial charge on any atom is -0.411 e. The molecule has 6 heteroatoms. The van der Waals surface area contributed by atoms with Crippen molar-refractivity contribution >= 4 is 23.4 Å². The van der Waals surface area contributed by atoms with Crippen LogP contribution in [0.1, 0.15) is 29.2 Å². The molecule has 140 valence electrons. The lowest BCUT2D eigenvalue weighted by atomic mass is 10.1. The van der Waals surface area contributed by atoms with Crippen LogP contribution in [-0.2, 0) is 4.79 Å². The van der Waals surface area contributed by atoms with Crippen LogP contribution in [0.5, 0.6) is 0 Å². The van der Waals surface area contributed by atoms with E-state index in [0.29, 0.717) is 11.1 Å². The molecule has 0 unspecified atom stereocenters. The fourth-order valence-electron chi connectivity index (χ4n) is 2.87. The lowest BCUT2D eigenvalue weighted by Gasteiger charge is -2.12. The maximum Gasteiger partial charge on any atom is 0.277 e. The highest BCUT2D eigenvalue weighted by Crippen LogP contribution is 2.28. The summed E-state index contributed by atoms with van der Waals surface area (Å²) in [5, 5.41) is 11.2. The van der Waals surface area contributed by atoms with Crippen LogP contribution in [0.25, 0.3) is 11.5 Å². The molecule has 1 aromatic heterocycles. The summed E-state index contributed by atoms with van der Waals surface area (Å²) >= 11 is 1.25. The number of aryl methyl sites for hydroxylation is 4. The van der Waals surface area contributed by atoms with Crippen molar-refractivity contribution in [2.75, 3.05) is 5.32 Å². The molecule has 0 aliphatic rings. The zero-order valence-corrected chi connectivity index (χ0v) is 17.0. The first-order valence-electron chi connectivity index (χ1n) is 8.79. The van der Waals surface area contributed by atoms with Crippen LogP contribution in [0.15, 0.2) is 46.0 Å². The minimum absolute atomic E-state index is 0.0990. The van der Waals surface area contributed by atoms with Crippen molar-refractivity contribution in [3.05, 3.63) is 58.7 Å². The lowest BCUT2D eigenvalue weighted by Crippen LogP contribution is -2.22. The van der Waals surface area contributed by atoms with E-state index in [1.54, 1.807) is 0 Å². The van der Waals surface area contributed by atoms with Crippen molar-refractivity contribution in [1.29, 1.82) is 0 Å². The maximum absolute atomic E-state index is 12.5. The first-order chi connectivity index (χ1) is 12.8. The number of thioether (sulfide) groups is 1. The largest absolute Gasteiger partial charge is 0.411 e. The van der Waals surface area contributed by atoms with Gasteiger partial charge in [-0.05, 0) is 58.4 Å². The molecule has 0 radical (unpaired) electrons. The fourth-order valence-corrected chi connectivity index (χ4v) is 3.55. The minimum atomic E-state index is -0.363. The molecule has 1 N–H and O–H groups in total. The molecule has 0 aliphatic carbocycles. The molecule has 2 aromatic carbocycles. The molecule has 1 atom stereocenters. The Balaban J connectivity index is 1.68. The molecule has 1 heterocycles. The van der Waals surface area contributed by atoms with Crippen LogP contribution < -0.4 is 5.32 Å². The number of hydrogen-bond acceptors (Lipinski definition) is 5. The predicted molar refractivity (Wildman–Crippen MR) is 109 cm³/mol. The summed E-state index contributed by atoms with van der Waals surface area (Å²) < 4.78 is 5.75. The van der Waals surface area contributed by atoms with Crippen LogP contribution in [0.3, 0.4) is 0 Å². The highest BCUT2D eigenvalue weighted by Gasteiger charge is 2.19. The zero-order chi connectivity index (χ0) is 19.6. The van der Waals surface area contributed by atoms with E-state index in [9.17, 15) is 4.79 Å². The smallest absolute Gasteiger partial charge is 0.277 e. The summed E-state index contributed by atoms with van der Waals surface area (Å²) in [7, 11) is 0. The highest BCUT2D eigenvalue weighted by atomic mass is 32.2. The zero-order valence-electron chi connectivity index (χ0n) is 16.2. The molecule has 0 fully saturated rings. The Morgan fingerprint density at radius 3 is 2.37 bits per heavy atom. The Labute approximate surface area is 163 Å². The molecule has 3 aromatic rings. The van der Waals surface area contributed by atoms with E-state index >= 15 is 0 Å². The summed E-state index contributed by atoms with van der Waals surface area (Å²) in [5.41, 5.74) is 6.18. The third-order valence-electron chi connectivity index (χ3n) is 4.16. The van der Waals surface area contributed by atoms with Gasteiger partial charge in [0.05, 0.1) is 5.25 Å².